The maximum absolute atomic E-state index is 12.9. The van der Waals surface area contributed by atoms with Crippen molar-refractivity contribution < 1.29 is 12.8 Å². The molecule has 0 bridgehead atoms. The van der Waals surface area contributed by atoms with Crippen LogP contribution in [-0.4, -0.2) is 13.4 Å². The molecule has 0 radical (unpaired) electrons. The molecule has 0 saturated carbocycles. The van der Waals surface area contributed by atoms with Gasteiger partial charge >= 0.3 is 0 Å². The van der Waals surface area contributed by atoms with Crippen LogP contribution in [-0.2, 0) is 10.0 Å². The first-order chi connectivity index (χ1) is 11.5. The Kier molecular flexibility index (Phi) is 4.06. The number of hydrogen-bond acceptors (Lipinski definition) is 3. The average molecular weight is 341 g/mol. The number of hydrogen-bond donors (Lipinski definition) is 2. The second-order valence-corrected chi connectivity index (χ2v) is 6.67. The number of fused-ring (bicyclic) bond motifs is 1. The number of rotatable bonds is 4. The SMILES string of the molecule is N#C/C(=C/c1c[nH]c2ccccc12)S(=O)(=O)Nc1ccc(F)cc1. The molecule has 0 fully saturated rings. The van der Waals surface area contributed by atoms with Crippen molar-refractivity contribution in [2.24, 2.45) is 0 Å². The van der Waals surface area contributed by atoms with E-state index in [4.69, 9.17) is 0 Å². The molecule has 0 spiro atoms. The van der Waals surface area contributed by atoms with Crippen LogP contribution >= 0.6 is 0 Å². The largest absolute Gasteiger partial charge is 0.361 e. The average Bonchev–Trinajstić information content (AvgIpc) is 2.97. The Morgan fingerprint density at radius 1 is 1.17 bits per heavy atom. The summed E-state index contributed by atoms with van der Waals surface area (Å²) in [5.74, 6) is -0.479. The Hall–Kier alpha value is -3.11. The molecular formula is C17H12FN3O2S. The lowest BCUT2D eigenvalue weighted by Crippen LogP contribution is -2.14. The Bertz CT molecular complexity index is 1060. The van der Waals surface area contributed by atoms with Crippen LogP contribution in [0.5, 0.6) is 0 Å². The zero-order valence-corrected chi connectivity index (χ0v) is 13.1. The Labute approximate surface area is 138 Å². The number of H-pyrrole nitrogens is 1. The van der Waals surface area contributed by atoms with Gasteiger partial charge in [0.05, 0.1) is 0 Å². The van der Waals surface area contributed by atoms with E-state index in [0.717, 1.165) is 23.0 Å². The molecule has 120 valence electrons. The van der Waals surface area contributed by atoms with E-state index in [9.17, 15) is 18.1 Å². The summed E-state index contributed by atoms with van der Waals surface area (Å²) in [6.45, 7) is 0. The number of aromatic amines is 1. The summed E-state index contributed by atoms with van der Waals surface area (Å²) in [7, 11) is -4.07. The summed E-state index contributed by atoms with van der Waals surface area (Å²) in [6.07, 6.45) is 2.93. The van der Waals surface area contributed by atoms with Gasteiger partial charge in [-0.05, 0) is 36.4 Å². The predicted molar refractivity (Wildman–Crippen MR) is 90.8 cm³/mol. The molecule has 24 heavy (non-hydrogen) atoms. The molecule has 0 unspecified atom stereocenters. The summed E-state index contributed by atoms with van der Waals surface area (Å²) in [5.41, 5.74) is 1.60. The fourth-order valence-corrected chi connectivity index (χ4v) is 3.21. The van der Waals surface area contributed by atoms with E-state index < -0.39 is 20.7 Å². The van der Waals surface area contributed by atoms with Crippen LogP contribution < -0.4 is 4.72 Å². The minimum Gasteiger partial charge on any atom is -0.361 e. The Morgan fingerprint density at radius 3 is 2.58 bits per heavy atom. The van der Waals surface area contributed by atoms with Gasteiger partial charge in [0.25, 0.3) is 10.0 Å². The highest BCUT2D eigenvalue weighted by Crippen LogP contribution is 2.22. The number of benzene rings is 2. The number of nitrogens with one attached hydrogen (secondary N) is 2. The zero-order valence-electron chi connectivity index (χ0n) is 12.3. The summed E-state index contributed by atoms with van der Waals surface area (Å²) in [6, 6.07) is 13.9. The fraction of sp³-hybridized carbons (Fsp3) is 0. The van der Waals surface area contributed by atoms with E-state index in [1.165, 1.54) is 18.2 Å². The Balaban J connectivity index is 1.98. The van der Waals surface area contributed by atoms with Crippen molar-refractivity contribution in [1.82, 2.24) is 4.98 Å². The lowest BCUT2D eigenvalue weighted by atomic mass is 10.1. The highest BCUT2D eigenvalue weighted by Gasteiger charge is 2.18. The standard InChI is InChI=1S/C17H12FN3O2S/c18-13-5-7-14(8-6-13)21-24(22,23)15(10-19)9-12-11-20-17-4-2-1-3-16(12)17/h1-9,11,20-21H/b15-9-. The first-order valence-corrected chi connectivity index (χ1v) is 8.44. The van der Waals surface area contributed by atoms with Gasteiger partial charge in [0.2, 0.25) is 0 Å². The van der Waals surface area contributed by atoms with Gasteiger partial charge in [-0.1, -0.05) is 18.2 Å². The molecule has 3 aromatic rings. The van der Waals surface area contributed by atoms with Gasteiger partial charge in [0, 0.05) is 28.4 Å². The summed E-state index contributed by atoms with van der Waals surface area (Å²) in [5, 5.41) is 10.1. The third-order valence-corrected chi connectivity index (χ3v) is 4.70. The fourth-order valence-electron chi connectivity index (χ4n) is 2.25. The topological polar surface area (TPSA) is 85.8 Å². The smallest absolute Gasteiger partial charge is 0.272 e. The van der Waals surface area contributed by atoms with E-state index in [0.29, 0.717) is 5.56 Å². The molecule has 2 aromatic carbocycles. The monoisotopic (exact) mass is 341 g/mol. The first-order valence-electron chi connectivity index (χ1n) is 6.96. The van der Waals surface area contributed by atoms with Crippen molar-refractivity contribution in [2.45, 2.75) is 0 Å². The van der Waals surface area contributed by atoms with Crippen molar-refractivity contribution in [1.29, 1.82) is 5.26 Å². The highest BCUT2D eigenvalue weighted by molar-refractivity contribution is 7.96. The van der Waals surface area contributed by atoms with Gasteiger partial charge in [-0.2, -0.15) is 5.26 Å². The van der Waals surface area contributed by atoms with Gasteiger partial charge in [-0.15, -0.1) is 0 Å². The summed E-state index contributed by atoms with van der Waals surface area (Å²) >= 11 is 0. The van der Waals surface area contributed by atoms with Crippen LogP contribution in [0.4, 0.5) is 10.1 Å². The molecule has 1 heterocycles. The number of halogens is 1. The normalized spacial score (nSPS) is 12.1. The maximum atomic E-state index is 12.9. The van der Waals surface area contributed by atoms with E-state index in [-0.39, 0.29) is 5.69 Å². The number of aromatic nitrogens is 1. The van der Waals surface area contributed by atoms with E-state index in [1.807, 2.05) is 24.3 Å². The summed E-state index contributed by atoms with van der Waals surface area (Å²) in [4.78, 5) is 2.58. The number of sulfonamides is 1. The maximum Gasteiger partial charge on any atom is 0.272 e. The van der Waals surface area contributed by atoms with Crippen molar-refractivity contribution in [2.75, 3.05) is 4.72 Å². The minimum atomic E-state index is -4.07. The first kappa shape index (κ1) is 15.8. The van der Waals surface area contributed by atoms with E-state index in [2.05, 4.69) is 9.71 Å². The van der Waals surface area contributed by atoms with Crippen molar-refractivity contribution in [3.63, 3.8) is 0 Å². The van der Waals surface area contributed by atoms with Gasteiger partial charge in [0.15, 0.2) is 4.91 Å². The van der Waals surface area contributed by atoms with Gasteiger partial charge in [-0.25, -0.2) is 12.8 Å². The third-order valence-electron chi connectivity index (χ3n) is 3.40. The quantitative estimate of drug-likeness (QED) is 0.711. The molecular weight excluding hydrogens is 329 g/mol. The van der Waals surface area contributed by atoms with Gasteiger partial charge in [0.1, 0.15) is 11.9 Å². The van der Waals surface area contributed by atoms with E-state index in [1.54, 1.807) is 12.3 Å². The van der Waals surface area contributed by atoms with Crippen molar-refractivity contribution >= 4 is 32.7 Å². The second kappa shape index (κ2) is 6.18. The number of nitriles is 1. The number of allylic oxidation sites excluding steroid dienone is 1. The molecule has 0 aliphatic carbocycles. The van der Waals surface area contributed by atoms with Gasteiger partial charge in [-0.3, -0.25) is 4.72 Å². The van der Waals surface area contributed by atoms with Crippen molar-refractivity contribution in [3.8, 4) is 6.07 Å². The van der Waals surface area contributed by atoms with Crippen LogP contribution in [0.3, 0.4) is 0 Å². The molecule has 0 saturated heterocycles. The molecule has 0 aliphatic heterocycles. The van der Waals surface area contributed by atoms with Crippen LogP contribution in [0.25, 0.3) is 17.0 Å². The molecule has 0 aliphatic rings. The highest BCUT2D eigenvalue weighted by atomic mass is 32.2. The van der Waals surface area contributed by atoms with Gasteiger partial charge < -0.3 is 4.98 Å². The zero-order chi connectivity index (χ0) is 17.2. The molecule has 7 heteroatoms. The van der Waals surface area contributed by atoms with Crippen LogP contribution in [0.15, 0.2) is 59.6 Å². The molecule has 0 atom stereocenters. The molecule has 1 aromatic heterocycles. The number of anilines is 1. The van der Waals surface area contributed by atoms with Crippen LogP contribution in [0.2, 0.25) is 0 Å². The lowest BCUT2D eigenvalue weighted by Gasteiger charge is -2.06. The molecule has 0 amide bonds. The number of para-hydroxylation sites is 1. The lowest BCUT2D eigenvalue weighted by molar-refractivity contribution is 0.608. The van der Waals surface area contributed by atoms with Crippen molar-refractivity contribution in [3.05, 3.63) is 71.0 Å². The Morgan fingerprint density at radius 2 is 1.88 bits per heavy atom. The number of nitrogens with zero attached hydrogens (tertiary/aromatic N) is 1. The van der Waals surface area contributed by atoms with Crippen LogP contribution in [0, 0.1) is 17.1 Å². The molecule has 5 nitrogen and oxygen atoms in total. The summed E-state index contributed by atoms with van der Waals surface area (Å²) < 4.78 is 39.9. The second-order valence-electron chi connectivity index (χ2n) is 5.02. The predicted octanol–water partition coefficient (Wildman–Crippen LogP) is 3.61. The minimum absolute atomic E-state index is 0.177. The van der Waals surface area contributed by atoms with E-state index >= 15 is 0 Å². The molecule has 2 N–H and O–H groups in total. The van der Waals surface area contributed by atoms with Crippen LogP contribution in [0.1, 0.15) is 5.56 Å². The third kappa shape index (κ3) is 3.14. The molecule has 3 rings (SSSR count).